The molecule has 0 saturated carbocycles. The Bertz CT molecular complexity index is 338. The molecule has 16 heavy (non-hydrogen) atoms. The molecule has 1 atom stereocenters. The Hall–Kier alpha value is -0.160. The van der Waals surface area contributed by atoms with E-state index in [1.165, 1.54) is 11.8 Å². The van der Waals surface area contributed by atoms with E-state index in [2.05, 4.69) is 15.9 Å². The van der Waals surface area contributed by atoms with E-state index >= 15 is 0 Å². The van der Waals surface area contributed by atoms with Crippen LogP contribution >= 0.6 is 27.7 Å². The number of benzene rings is 1. The van der Waals surface area contributed by atoms with Gasteiger partial charge in [-0.1, -0.05) is 45.8 Å². The maximum Gasteiger partial charge on any atom is 0.402 e. The van der Waals surface area contributed by atoms with Crippen molar-refractivity contribution in [3.63, 3.8) is 0 Å². The van der Waals surface area contributed by atoms with Crippen molar-refractivity contribution >= 4 is 27.7 Å². The number of hydrogen-bond donors (Lipinski definition) is 0. The monoisotopic (exact) mass is 312 g/mol. The molecule has 0 fully saturated rings. The van der Waals surface area contributed by atoms with Crippen molar-refractivity contribution in [2.75, 3.05) is 5.75 Å². The Morgan fingerprint density at radius 3 is 2.62 bits per heavy atom. The minimum Gasteiger partial charge on any atom is -0.170 e. The van der Waals surface area contributed by atoms with Gasteiger partial charge in [0.15, 0.2) is 0 Å². The second kappa shape index (κ2) is 5.96. The molecule has 0 nitrogen and oxygen atoms in total. The first kappa shape index (κ1) is 13.9. The Morgan fingerprint density at radius 2 is 2.06 bits per heavy atom. The average molecular weight is 313 g/mol. The number of halogens is 4. The van der Waals surface area contributed by atoms with Crippen LogP contribution in [0.3, 0.4) is 0 Å². The van der Waals surface area contributed by atoms with E-state index in [-0.39, 0.29) is 5.75 Å². The van der Waals surface area contributed by atoms with E-state index in [9.17, 15) is 13.2 Å². The number of aryl methyl sites for hydroxylation is 1. The van der Waals surface area contributed by atoms with Crippen LogP contribution in [0.5, 0.6) is 0 Å². The average Bonchev–Trinajstić information content (AvgIpc) is 2.16. The molecule has 0 aliphatic heterocycles. The number of hydrogen-bond acceptors (Lipinski definition) is 1. The molecular weight excluding hydrogens is 301 g/mol. The lowest BCUT2D eigenvalue weighted by Crippen LogP contribution is -2.24. The molecular formula is C11H12BrF3S. The second-order valence-corrected chi connectivity index (χ2v) is 5.65. The Balaban J connectivity index is 2.36. The van der Waals surface area contributed by atoms with Crippen LogP contribution in [-0.4, -0.2) is 16.8 Å². The standard InChI is InChI=1S/C11H12BrF3S/c1-8-3-2-4-9(5-8)6-16-7-10(12)11(13,14)15/h2-5,10H,6-7H2,1H3. The van der Waals surface area contributed by atoms with Crippen LogP contribution in [-0.2, 0) is 5.75 Å². The normalized spacial score (nSPS) is 13.8. The molecule has 1 aromatic rings. The summed E-state index contributed by atoms with van der Waals surface area (Å²) in [7, 11) is 0. The summed E-state index contributed by atoms with van der Waals surface area (Å²) in [4.78, 5) is -1.42. The quantitative estimate of drug-likeness (QED) is 0.735. The van der Waals surface area contributed by atoms with E-state index < -0.39 is 11.0 Å². The molecule has 0 radical (unpaired) electrons. The largest absolute Gasteiger partial charge is 0.402 e. The summed E-state index contributed by atoms with van der Waals surface area (Å²) in [5.74, 6) is 0.650. The molecule has 0 spiro atoms. The molecule has 0 heterocycles. The zero-order valence-corrected chi connectivity index (χ0v) is 11.1. The highest BCUT2D eigenvalue weighted by Gasteiger charge is 2.37. The van der Waals surface area contributed by atoms with Crippen LogP contribution < -0.4 is 0 Å². The molecule has 0 aliphatic carbocycles. The Morgan fingerprint density at radius 1 is 1.38 bits per heavy atom. The van der Waals surface area contributed by atoms with Gasteiger partial charge in [0, 0.05) is 11.5 Å². The first-order valence-electron chi connectivity index (χ1n) is 4.73. The van der Waals surface area contributed by atoms with E-state index in [1.54, 1.807) is 0 Å². The molecule has 1 aromatic carbocycles. The summed E-state index contributed by atoms with van der Waals surface area (Å²) >= 11 is 3.92. The lowest BCUT2D eigenvalue weighted by atomic mass is 10.2. The minimum absolute atomic E-state index is 0.0391. The van der Waals surface area contributed by atoms with Crippen LogP contribution in [0.1, 0.15) is 11.1 Å². The lowest BCUT2D eigenvalue weighted by molar-refractivity contribution is -0.122. The van der Waals surface area contributed by atoms with Crippen molar-refractivity contribution in [1.82, 2.24) is 0 Å². The third-order valence-electron chi connectivity index (χ3n) is 1.97. The summed E-state index contributed by atoms with van der Waals surface area (Å²) in [6.45, 7) is 1.97. The zero-order valence-electron chi connectivity index (χ0n) is 8.72. The van der Waals surface area contributed by atoms with Gasteiger partial charge in [0.1, 0.15) is 4.83 Å². The summed E-state index contributed by atoms with van der Waals surface area (Å²) in [5.41, 5.74) is 2.19. The predicted molar refractivity (Wildman–Crippen MR) is 66.1 cm³/mol. The summed E-state index contributed by atoms with van der Waals surface area (Å²) in [6, 6.07) is 7.80. The first-order valence-corrected chi connectivity index (χ1v) is 6.80. The number of alkyl halides is 4. The summed E-state index contributed by atoms with van der Waals surface area (Å²) < 4.78 is 36.5. The smallest absolute Gasteiger partial charge is 0.170 e. The van der Waals surface area contributed by atoms with Crippen molar-refractivity contribution in [1.29, 1.82) is 0 Å². The maximum atomic E-state index is 12.2. The van der Waals surface area contributed by atoms with Crippen LogP contribution in [0.15, 0.2) is 24.3 Å². The molecule has 0 bridgehead atoms. The van der Waals surface area contributed by atoms with Crippen molar-refractivity contribution in [3.8, 4) is 0 Å². The second-order valence-electron chi connectivity index (χ2n) is 3.51. The predicted octanol–water partition coefficient (Wildman–Crippen LogP) is 4.55. The molecule has 5 heteroatoms. The van der Waals surface area contributed by atoms with Gasteiger partial charge in [0.25, 0.3) is 0 Å². The van der Waals surface area contributed by atoms with Crippen molar-refractivity contribution < 1.29 is 13.2 Å². The van der Waals surface area contributed by atoms with Gasteiger partial charge in [-0.15, -0.1) is 0 Å². The zero-order chi connectivity index (χ0) is 12.2. The van der Waals surface area contributed by atoms with Gasteiger partial charge >= 0.3 is 6.18 Å². The van der Waals surface area contributed by atoms with E-state index in [0.29, 0.717) is 5.75 Å². The topological polar surface area (TPSA) is 0 Å². The SMILES string of the molecule is Cc1cccc(CSCC(Br)C(F)(F)F)c1. The van der Waals surface area contributed by atoms with Gasteiger partial charge in [-0.2, -0.15) is 24.9 Å². The fraction of sp³-hybridized carbons (Fsp3) is 0.455. The molecule has 0 saturated heterocycles. The highest BCUT2D eigenvalue weighted by atomic mass is 79.9. The van der Waals surface area contributed by atoms with Gasteiger partial charge in [-0.3, -0.25) is 0 Å². The van der Waals surface area contributed by atoms with Crippen molar-refractivity contribution in [2.45, 2.75) is 23.7 Å². The fourth-order valence-corrected chi connectivity index (χ4v) is 2.67. The van der Waals surface area contributed by atoms with Gasteiger partial charge in [0.05, 0.1) is 0 Å². The van der Waals surface area contributed by atoms with Gasteiger partial charge in [-0.05, 0) is 12.5 Å². The van der Waals surface area contributed by atoms with Gasteiger partial charge in [0.2, 0.25) is 0 Å². The van der Waals surface area contributed by atoms with E-state index in [0.717, 1.165) is 11.1 Å². The molecule has 1 rings (SSSR count). The lowest BCUT2D eigenvalue weighted by Gasteiger charge is -2.13. The highest BCUT2D eigenvalue weighted by molar-refractivity contribution is 9.09. The van der Waals surface area contributed by atoms with Crippen LogP contribution in [0.25, 0.3) is 0 Å². The third kappa shape index (κ3) is 4.78. The molecule has 1 unspecified atom stereocenters. The summed E-state index contributed by atoms with van der Waals surface area (Å²) in [6.07, 6.45) is -4.15. The molecule has 0 aliphatic rings. The van der Waals surface area contributed by atoms with Gasteiger partial charge in [-0.25, -0.2) is 0 Å². The minimum atomic E-state index is -4.15. The summed E-state index contributed by atoms with van der Waals surface area (Å²) in [5, 5.41) is 0. The van der Waals surface area contributed by atoms with Crippen LogP contribution in [0, 0.1) is 6.92 Å². The fourth-order valence-electron chi connectivity index (χ4n) is 1.18. The highest BCUT2D eigenvalue weighted by Crippen LogP contribution is 2.29. The molecule has 0 aromatic heterocycles. The van der Waals surface area contributed by atoms with E-state index in [4.69, 9.17) is 0 Å². The number of rotatable bonds is 4. The number of thioether (sulfide) groups is 1. The molecule has 90 valence electrons. The van der Waals surface area contributed by atoms with Crippen molar-refractivity contribution in [2.24, 2.45) is 0 Å². The van der Waals surface area contributed by atoms with E-state index in [1.807, 2.05) is 31.2 Å². The molecule has 0 amide bonds. The molecule has 0 N–H and O–H groups in total. The maximum absolute atomic E-state index is 12.2. The van der Waals surface area contributed by atoms with Crippen LogP contribution in [0.2, 0.25) is 0 Å². The Labute approximate surface area is 106 Å². The Kier molecular flexibility index (Phi) is 5.18. The van der Waals surface area contributed by atoms with Gasteiger partial charge < -0.3 is 0 Å². The first-order chi connectivity index (χ1) is 7.39. The van der Waals surface area contributed by atoms with Crippen LogP contribution in [0.4, 0.5) is 13.2 Å². The third-order valence-corrected chi connectivity index (χ3v) is 4.35. The van der Waals surface area contributed by atoms with Crippen molar-refractivity contribution in [3.05, 3.63) is 35.4 Å².